The van der Waals surface area contributed by atoms with E-state index >= 15 is 0 Å². The lowest BCUT2D eigenvalue weighted by molar-refractivity contribution is -0.147. The minimum atomic E-state index is -1.33. The van der Waals surface area contributed by atoms with Gasteiger partial charge in [0.25, 0.3) is 0 Å². The molecule has 1 aromatic heterocycles. The number of pyridine rings is 1. The van der Waals surface area contributed by atoms with E-state index < -0.39 is 18.0 Å². The average Bonchev–Trinajstić information content (AvgIpc) is 2.46. The summed E-state index contributed by atoms with van der Waals surface area (Å²) in [4.78, 5) is 26.8. The zero-order valence-electron chi connectivity index (χ0n) is 9.89. The summed E-state index contributed by atoms with van der Waals surface area (Å²) in [5, 5.41) is 9.13. The van der Waals surface area contributed by atoms with Crippen molar-refractivity contribution in [3.8, 4) is 0 Å². The Bertz CT molecular complexity index is 569. The van der Waals surface area contributed by atoms with Gasteiger partial charge < -0.3 is 9.84 Å². The largest absolute Gasteiger partial charge is 0.478 e. The highest BCUT2D eigenvalue weighted by Gasteiger charge is 2.24. The van der Waals surface area contributed by atoms with E-state index in [0.717, 1.165) is 0 Å². The van der Waals surface area contributed by atoms with Crippen LogP contribution in [-0.2, 0) is 9.53 Å². The molecule has 0 radical (unpaired) electrons. The van der Waals surface area contributed by atoms with Gasteiger partial charge in [0, 0.05) is 18.0 Å². The third-order valence-corrected chi connectivity index (χ3v) is 2.45. The van der Waals surface area contributed by atoms with Gasteiger partial charge in [-0.2, -0.15) is 0 Å². The Kier molecular flexibility index (Phi) is 3.87. The normalized spacial score (nSPS) is 11.6. The number of esters is 1. The van der Waals surface area contributed by atoms with Crippen LogP contribution in [0.2, 0.25) is 0 Å². The fourth-order valence-electron chi connectivity index (χ4n) is 1.55. The van der Waals surface area contributed by atoms with Crippen LogP contribution in [0.1, 0.15) is 22.0 Å². The van der Waals surface area contributed by atoms with Crippen LogP contribution in [-0.4, -0.2) is 22.0 Å². The van der Waals surface area contributed by atoms with Crippen LogP contribution in [0.4, 0.5) is 0 Å². The van der Waals surface area contributed by atoms with Crippen LogP contribution >= 0.6 is 0 Å². The van der Waals surface area contributed by atoms with Gasteiger partial charge in [-0.3, -0.25) is 4.98 Å². The van der Waals surface area contributed by atoms with Crippen LogP contribution in [0.15, 0.2) is 54.9 Å². The maximum absolute atomic E-state index is 11.8. The smallest absolute Gasteiger partial charge is 0.349 e. The molecule has 2 aromatic rings. The summed E-state index contributed by atoms with van der Waals surface area (Å²) in [6, 6.07) is 11.4. The second kappa shape index (κ2) is 5.77. The first-order valence-electron chi connectivity index (χ1n) is 5.57. The number of ether oxygens (including phenoxy) is 1. The number of aromatic nitrogens is 1. The minimum absolute atomic E-state index is 0.213. The van der Waals surface area contributed by atoms with Gasteiger partial charge in [0.05, 0.1) is 5.56 Å². The van der Waals surface area contributed by atoms with E-state index in [2.05, 4.69) is 4.98 Å². The van der Waals surface area contributed by atoms with Gasteiger partial charge in [0.1, 0.15) is 0 Å². The van der Waals surface area contributed by atoms with Gasteiger partial charge in [0.2, 0.25) is 6.10 Å². The molecule has 5 nitrogen and oxygen atoms in total. The molecule has 1 aromatic carbocycles. The Balaban J connectivity index is 2.19. The van der Waals surface area contributed by atoms with Crippen molar-refractivity contribution in [1.29, 1.82) is 0 Å². The Morgan fingerprint density at radius 2 is 1.84 bits per heavy atom. The fourth-order valence-corrected chi connectivity index (χ4v) is 1.55. The number of rotatable bonds is 4. The molecule has 0 amide bonds. The molecule has 0 aliphatic rings. The number of hydrogen-bond acceptors (Lipinski definition) is 4. The number of hydrogen-bond donors (Lipinski definition) is 1. The Labute approximate surface area is 109 Å². The van der Waals surface area contributed by atoms with Gasteiger partial charge in [-0.25, -0.2) is 9.59 Å². The molecule has 0 spiro atoms. The molecule has 0 fully saturated rings. The first-order chi connectivity index (χ1) is 9.18. The summed E-state index contributed by atoms with van der Waals surface area (Å²) in [6.07, 6.45) is 1.52. The molecule has 2 rings (SSSR count). The third-order valence-electron chi connectivity index (χ3n) is 2.45. The summed E-state index contributed by atoms with van der Waals surface area (Å²) >= 11 is 0. The summed E-state index contributed by atoms with van der Waals surface area (Å²) in [7, 11) is 0. The third kappa shape index (κ3) is 3.16. The van der Waals surface area contributed by atoms with Crippen LogP contribution in [0.5, 0.6) is 0 Å². The number of carbonyl (C=O) groups is 2. The van der Waals surface area contributed by atoms with Crippen LogP contribution < -0.4 is 0 Å². The minimum Gasteiger partial charge on any atom is -0.478 e. The molecular weight excluding hydrogens is 246 g/mol. The van der Waals surface area contributed by atoms with Gasteiger partial charge >= 0.3 is 11.9 Å². The predicted octanol–water partition coefficient (Wildman–Crippen LogP) is 2.06. The van der Waals surface area contributed by atoms with E-state index in [1.54, 1.807) is 36.4 Å². The number of carbonyl (C=O) groups excluding carboxylic acids is 1. The van der Waals surface area contributed by atoms with Crippen molar-refractivity contribution < 1.29 is 19.4 Å². The van der Waals surface area contributed by atoms with E-state index in [1.165, 1.54) is 18.5 Å². The standard InChI is InChI=1S/C14H11NO4/c16-13(17)12(10-5-2-1-3-6-10)19-14(18)11-7-4-8-15-9-11/h1-9,12H,(H,16,17)/t12-/m1/s1. The molecule has 0 unspecified atom stereocenters. The number of carboxylic acid groups (broad SMARTS) is 1. The maximum atomic E-state index is 11.8. The van der Waals surface area contributed by atoms with Crippen molar-refractivity contribution >= 4 is 11.9 Å². The number of benzene rings is 1. The lowest BCUT2D eigenvalue weighted by Crippen LogP contribution is -2.19. The number of aliphatic carboxylic acids is 1. The van der Waals surface area contributed by atoms with Crippen molar-refractivity contribution in [1.82, 2.24) is 4.98 Å². The number of nitrogens with zero attached hydrogens (tertiary/aromatic N) is 1. The zero-order chi connectivity index (χ0) is 13.7. The predicted molar refractivity (Wildman–Crippen MR) is 66.5 cm³/mol. The van der Waals surface area contributed by atoms with Crippen LogP contribution in [0.25, 0.3) is 0 Å². The SMILES string of the molecule is O=C(O[C@@H](C(=O)O)c1ccccc1)c1cccnc1. The highest BCUT2D eigenvalue weighted by atomic mass is 16.6. The van der Waals surface area contributed by atoms with Crippen molar-refractivity contribution in [3.63, 3.8) is 0 Å². The summed E-state index contributed by atoms with van der Waals surface area (Å²) in [5.41, 5.74) is 0.622. The molecule has 1 N–H and O–H groups in total. The first-order valence-corrected chi connectivity index (χ1v) is 5.57. The van der Waals surface area contributed by atoms with E-state index in [0.29, 0.717) is 5.56 Å². The molecule has 0 aliphatic heterocycles. The molecule has 19 heavy (non-hydrogen) atoms. The molecular formula is C14H11NO4. The summed E-state index contributed by atoms with van der Waals surface area (Å²) < 4.78 is 5.01. The zero-order valence-corrected chi connectivity index (χ0v) is 9.89. The van der Waals surface area contributed by atoms with Gasteiger partial charge in [0.15, 0.2) is 0 Å². The number of carboxylic acids is 1. The lowest BCUT2D eigenvalue weighted by Gasteiger charge is -2.13. The Morgan fingerprint density at radius 3 is 2.42 bits per heavy atom. The molecule has 0 saturated heterocycles. The Morgan fingerprint density at radius 1 is 1.11 bits per heavy atom. The van der Waals surface area contributed by atoms with Crippen molar-refractivity contribution in [2.45, 2.75) is 6.10 Å². The van der Waals surface area contributed by atoms with E-state index in [1.807, 2.05) is 0 Å². The summed E-state index contributed by atoms with van der Waals surface area (Å²) in [5.74, 6) is -1.94. The van der Waals surface area contributed by atoms with Crippen LogP contribution in [0.3, 0.4) is 0 Å². The molecule has 0 saturated carbocycles. The average molecular weight is 257 g/mol. The highest BCUT2D eigenvalue weighted by molar-refractivity contribution is 5.91. The molecule has 0 aliphatic carbocycles. The van der Waals surface area contributed by atoms with Crippen molar-refractivity contribution in [2.24, 2.45) is 0 Å². The molecule has 1 atom stereocenters. The summed E-state index contributed by atoms with van der Waals surface area (Å²) in [6.45, 7) is 0. The monoisotopic (exact) mass is 257 g/mol. The van der Waals surface area contributed by atoms with E-state index in [4.69, 9.17) is 9.84 Å². The lowest BCUT2D eigenvalue weighted by atomic mass is 10.1. The second-order valence-electron chi connectivity index (χ2n) is 3.78. The maximum Gasteiger partial charge on any atom is 0.349 e. The molecule has 5 heteroatoms. The van der Waals surface area contributed by atoms with Crippen LogP contribution in [0, 0.1) is 0 Å². The van der Waals surface area contributed by atoms with Crippen molar-refractivity contribution in [2.75, 3.05) is 0 Å². The van der Waals surface area contributed by atoms with Crippen molar-refractivity contribution in [3.05, 3.63) is 66.0 Å². The topological polar surface area (TPSA) is 76.5 Å². The quantitative estimate of drug-likeness (QED) is 0.848. The molecule has 0 bridgehead atoms. The second-order valence-corrected chi connectivity index (χ2v) is 3.78. The first kappa shape index (κ1) is 12.8. The van der Waals surface area contributed by atoms with E-state index in [9.17, 15) is 9.59 Å². The van der Waals surface area contributed by atoms with Gasteiger partial charge in [-0.1, -0.05) is 30.3 Å². The fraction of sp³-hybridized carbons (Fsp3) is 0.0714. The molecule has 96 valence electrons. The Hall–Kier alpha value is -2.69. The highest BCUT2D eigenvalue weighted by Crippen LogP contribution is 2.19. The van der Waals surface area contributed by atoms with Gasteiger partial charge in [-0.05, 0) is 12.1 Å². The van der Waals surface area contributed by atoms with Gasteiger partial charge in [-0.15, -0.1) is 0 Å². The van der Waals surface area contributed by atoms with E-state index in [-0.39, 0.29) is 5.56 Å². The molecule has 1 heterocycles.